The Balaban J connectivity index is 1.74. The maximum absolute atomic E-state index is 5.65. The number of hydrogen-bond acceptors (Lipinski definition) is 2. The minimum absolute atomic E-state index is 0.187. The Morgan fingerprint density at radius 3 is 2.44 bits per heavy atom. The summed E-state index contributed by atoms with van der Waals surface area (Å²) in [6, 6.07) is 0.735. The topological polar surface area (TPSA) is 21.3 Å². The van der Waals surface area contributed by atoms with E-state index >= 15 is 0 Å². The maximum atomic E-state index is 5.65. The Kier molecular flexibility index (Phi) is 3.91. The van der Waals surface area contributed by atoms with Crippen molar-refractivity contribution in [1.82, 2.24) is 5.32 Å². The van der Waals surface area contributed by atoms with Gasteiger partial charge in [0.1, 0.15) is 0 Å². The predicted octanol–water partition coefficient (Wildman–Crippen LogP) is 2.97. The molecule has 0 saturated heterocycles. The fourth-order valence-corrected chi connectivity index (χ4v) is 3.09. The van der Waals surface area contributed by atoms with Gasteiger partial charge >= 0.3 is 0 Å². The second-order valence-electron chi connectivity index (χ2n) is 6.09. The van der Waals surface area contributed by atoms with Crippen LogP contribution in [0.5, 0.6) is 0 Å². The molecule has 0 aliphatic heterocycles. The monoisotopic (exact) mass is 225 g/mol. The minimum Gasteiger partial charge on any atom is -0.377 e. The Bertz CT molecular complexity index is 219. The number of nitrogens with one attached hydrogen (secondary N) is 1. The molecule has 2 nitrogen and oxygen atoms in total. The van der Waals surface area contributed by atoms with Crippen LogP contribution in [0.3, 0.4) is 0 Å². The molecule has 0 spiro atoms. The van der Waals surface area contributed by atoms with Crippen LogP contribution in [-0.2, 0) is 4.74 Å². The lowest BCUT2D eigenvalue weighted by molar-refractivity contribution is -0.0718. The van der Waals surface area contributed by atoms with Crippen molar-refractivity contribution in [2.75, 3.05) is 13.7 Å². The third kappa shape index (κ3) is 2.60. The van der Waals surface area contributed by atoms with Gasteiger partial charge in [-0.15, -0.1) is 0 Å². The van der Waals surface area contributed by atoms with E-state index in [1.807, 2.05) is 7.11 Å². The summed E-state index contributed by atoms with van der Waals surface area (Å²) in [6.07, 6.45) is 7.92. The van der Waals surface area contributed by atoms with Gasteiger partial charge in [-0.25, -0.2) is 0 Å². The summed E-state index contributed by atoms with van der Waals surface area (Å²) in [7, 11) is 1.87. The Morgan fingerprint density at radius 1 is 1.19 bits per heavy atom. The van der Waals surface area contributed by atoms with Crippen molar-refractivity contribution in [3.8, 4) is 0 Å². The maximum Gasteiger partial charge on any atom is 0.0802 e. The van der Waals surface area contributed by atoms with E-state index < -0.39 is 0 Å². The number of ether oxygens (including phenoxy) is 1. The molecule has 2 heteroatoms. The minimum atomic E-state index is 0.187. The van der Waals surface area contributed by atoms with Crippen molar-refractivity contribution in [2.45, 2.75) is 64.0 Å². The molecule has 0 bridgehead atoms. The molecule has 1 N–H and O–H groups in total. The van der Waals surface area contributed by atoms with E-state index in [9.17, 15) is 0 Å². The fraction of sp³-hybridized carbons (Fsp3) is 1.00. The molecule has 2 saturated carbocycles. The van der Waals surface area contributed by atoms with E-state index in [4.69, 9.17) is 4.74 Å². The largest absolute Gasteiger partial charge is 0.377 e. The smallest absolute Gasteiger partial charge is 0.0802 e. The molecule has 94 valence electrons. The van der Waals surface area contributed by atoms with E-state index in [1.54, 1.807) is 0 Å². The summed E-state index contributed by atoms with van der Waals surface area (Å²) in [6.45, 7) is 5.85. The molecule has 3 unspecified atom stereocenters. The molecular formula is C14H27NO. The number of rotatable bonds is 4. The zero-order valence-corrected chi connectivity index (χ0v) is 11.1. The van der Waals surface area contributed by atoms with Crippen LogP contribution in [-0.4, -0.2) is 25.3 Å². The Labute approximate surface area is 100 Å². The van der Waals surface area contributed by atoms with Gasteiger partial charge in [-0.3, -0.25) is 0 Å². The van der Waals surface area contributed by atoms with E-state index in [-0.39, 0.29) is 5.60 Å². The van der Waals surface area contributed by atoms with Gasteiger partial charge in [-0.2, -0.15) is 0 Å². The van der Waals surface area contributed by atoms with Crippen molar-refractivity contribution in [2.24, 2.45) is 11.8 Å². The summed E-state index contributed by atoms with van der Waals surface area (Å²) >= 11 is 0. The molecule has 0 heterocycles. The highest BCUT2D eigenvalue weighted by Crippen LogP contribution is 2.35. The molecule has 2 aliphatic carbocycles. The standard InChI is InChI=1S/C14H27NO/c1-11-5-6-13(9-12(11)2)15-10-14(16-3)7-4-8-14/h11-13,15H,4-10H2,1-3H3. The van der Waals surface area contributed by atoms with Gasteiger partial charge in [-0.1, -0.05) is 13.8 Å². The average molecular weight is 225 g/mol. The van der Waals surface area contributed by atoms with Gasteiger partial charge in [0.25, 0.3) is 0 Å². The lowest BCUT2D eigenvalue weighted by atomic mass is 9.77. The van der Waals surface area contributed by atoms with Crippen LogP contribution in [0, 0.1) is 11.8 Å². The highest BCUT2D eigenvalue weighted by molar-refractivity contribution is 4.93. The lowest BCUT2D eigenvalue weighted by Gasteiger charge is -2.42. The zero-order chi connectivity index (χ0) is 11.6. The van der Waals surface area contributed by atoms with E-state index in [1.165, 1.54) is 38.5 Å². The lowest BCUT2D eigenvalue weighted by Crippen LogP contribution is -2.51. The van der Waals surface area contributed by atoms with Crippen LogP contribution in [0.4, 0.5) is 0 Å². The summed E-state index contributed by atoms with van der Waals surface area (Å²) in [4.78, 5) is 0. The van der Waals surface area contributed by atoms with Crippen LogP contribution in [0.2, 0.25) is 0 Å². The van der Waals surface area contributed by atoms with Gasteiger partial charge in [0.2, 0.25) is 0 Å². The normalized spacial score (nSPS) is 38.1. The van der Waals surface area contributed by atoms with Crippen LogP contribution < -0.4 is 5.32 Å². The molecule has 0 aromatic heterocycles. The van der Waals surface area contributed by atoms with Gasteiger partial charge in [-0.05, 0) is 50.4 Å². The van der Waals surface area contributed by atoms with Gasteiger partial charge < -0.3 is 10.1 Å². The summed E-state index contributed by atoms with van der Waals surface area (Å²) in [5, 5.41) is 3.74. The number of methoxy groups -OCH3 is 1. The fourth-order valence-electron chi connectivity index (χ4n) is 3.09. The molecule has 0 aromatic rings. The highest BCUT2D eigenvalue weighted by atomic mass is 16.5. The molecule has 2 fully saturated rings. The van der Waals surface area contributed by atoms with Crippen LogP contribution in [0.15, 0.2) is 0 Å². The average Bonchev–Trinajstić information content (AvgIpc) is 2.22. The molecular weight excluding hydrogens is 198 g/mol. The van der Waals surface area contributed by atoms with E-state index in [0.717, 1.165) is 24.4 Å². The number of hydrogen-bond donors (Lipinski definition) is 1. The molecule has 16 heavy (non-hydrogen) atoms. The molecule has 2 rings (SSSR count). The van der Waals surface area contributed by atoms with Crippen LogP contribution in [0.1, 0.15) is 52.4 Å². The molecule has 0 amide bonds. The van der Waals surface area contributed by atoms with E-state index in [0.29, 0.717) is 0 Å². The van der Waals surface area contributed by atoms with Crippen LogP contribution in [0.25, 0.3) is 0 Å². The zero-order valence-electron chi connectivity index (χ0n) is 11.1. The van der Waals surface area contributed by atoms with Crippen LogP contribution >= 0.6 is 0 Å². The predicted molar refractivity (Wildman–Crippen MR) is 67.6 cm³/mol. The SMILES string of the molecule is COC1(CNC2CCC(C)C(C)C2)CCC1. The third-order valence-corrected chi connectivity index (χ3v) is 5.01. The van der Waals surface area contributed by atoms with Crippen molar-refractivity contribution in [1.29, 1.82) is 0 Å². The van der Waals surface area contributed by atoms with E-state index in [2.05, 4.69) is 19.2 Å². The van der Waals surface area contributed by atoms with Gasteiger partial charge in [0, 0.05) is 19.7 Å². The summed E-state index contributed by atoms with van der Waals surface area (Å²) < 4.78 is 5.65. The first-order valence-corrected chi connectivity index (χ1v) is 6.94. The van der Waals surface area contributed by atoms with Crippen molar-refractivity contribution < 1.29 is 4.74 Å². The first-order valence-electron chi connectivity index (χ1n) is 6.94. The van der Waals surface area contributed by atoms with Crippen molar-refractivity contribution in [3.63, 3.8) is 0 Å². The summed E-state index contributed by atoms with van der Waals surface area (Å²) in [5.41, 5.74) is 0.187. The molecule has 2 aliphatic rings. The van der Waals surface area contributed by atoms with Gasteiger partial charge in [0.15, 0.2) is 0 Å². The first-order chi connectivity index (χ1) is 7.65. The molecule has 0 aromatic carbocycles. The summed E-state index contributed by atoms with van der Waals surface area (Å²) in [5.74, 6) is 1.80. The Hall–Kier alpha value is -0.0800. The Morgan fingerprint density at radius 2 is 1.94 bits per heavy atom. The second kappa shape index (κ2) is 5.05. The third-order valence-electron chi connectivity index (χ3n) is 5.01. The van der Waals surface area contributed by atoms with Crippen molar-refractivity contribution in [3.05, 3.63) is 0 Å². The highest BCUT2D eigenvalue weighted by Gasteiger charge is 2.37. The quantitative estimate of drug-likeness (QED) is 0.794. The molecule has 3 atom stereocenters. The van der Waals surface area contributed by atoms with Gasteiger partial charge in [0.05, 0.1) is 5.60 Å². The first kappa shape index (κ1) is 12.4. The van der Waals surface area contributed by atoms with Crippen molar-refractivity contribution >= 4 is 0 Å². The second-order valence-corrected chi connectivity index (χ2v) is 6.09. The molecule has 0 radical (unpaired) electrons.